The van der Waals surface area contributed by atoms with Crippen molar-refractivity contribution in [1.82, 2.24) is 20.6 Å². The lowest BCUT2D eigenvalue weighted by Gasteiger charge is -2.20. The summed E-state index contributed by atoms with van der Waals surface area (Å²) in [5, 5.41) is 16.7. The van der Waals surface area contributed by atoms with E-state index in [2.05, 4.69) is 25.9 Å². The number of hydrogen-bond acceptors (Lipinski definition) is 5. The van der Waals surface area contributed by atoms with Gasteiger partial charge in [-0.25, -0.2) is 0 Å². The number of ether oxygens (including phenoxy) is 1. The Labute approximate surface area is 134 Å². The van der Waals surface area contributed by atoms with Crippen molar-refractivity contribution in [2.24, 2.45) is 0 Å². The Balaban J connectivity index is 1.59. The Morgan fingerprint density at radius 1 is 1.35 bits per heavy atom. The van der Waals surface area contributed by atoms with Crippen LogP contribution in [0.4, 0.5) is 5.69 Å². The topological polar surface area (TPSA) is 92.8 Å². The first-order valence-electron chi connectivity index (χ1n) is 8.06. The average Bonchev–Trinajstić information content (AvgIpc) is 3.27. The fourth-order valence-corrected chi connectivity index (χ4v) is 2.81. The van der Waals surface area contributed by atoms with Gasteiger partial charge >= 0.3 is 0 Å². The van der Waals surface area contributed by atoms with Crippen molar-refractivity contribution in [2.45, 2.75) is 51.2 Å². The predicted molar refractivity (Wildman–Crippen MR) is 85.7 cm³/mol. The van der Waals surface area contributed by atoms with Crippen LogP contribution in [-0.2, 0) is 9.53 Å². The highest BCUT2D eigenvalue weighted by Crippen LogP contribution is 2.23. The molecule has 1 saturated carbocycles. The lowest BCUT2D eigenvalue weighted by atomic mass is 10.2. The number of aromatic nitrogens is 4. The summed E-state index contributed by atoms with van der Waals surface area (Å²) in [5.41, 5.74) is 1.57. The molecule has 23 heavy (non-hydrogen) atoms. The molecule has 122 valence electrons. The number of rotatable bonds is 6. The number of benzene rings is 1. The Bertz CT molecular complexity index is 620. The van der Waals surface area contributed by atoms with E-state index >= 15 is 0 Å². The van der Waals surface area contributed by atoms with Crippen molar-refractivity contribution < 1.29 is 9.53 Å². The van der Waals surface area contributed by atoms with Gasteiger partial charge in [-0.3, -0.25) is 4.79 Å². The van der Waals surface area contributed by atoms with E-state index in [4.69, 9.17) is 4.74 Å². The molecule has 7 nitrogen and oxygen atoms in total. The largest absolute Gasteiger partial charge is 0.365 e. The summed E-state index contributed by atoms with van der Waals surface area (Å²) in [6, 6.07) is 7.34. The minimum Gasteiger partial charge on any atom is -0.365 e. The van der Waals surface area contributed by atoms with Crippen LogP contribution in [0.15, 0.2) is 24.3 Å². The molecule has 7 heteroatoms. The van der Waals surface area contributed by atoms with E-state index in [1.807, 2.05) is 31.2 Å². The lowest BCUT2D eigenvalue weighted by molar-refractivity contribution is -0.131. The Morgan fingerprint density at radius 2 is 2.09 bits per heavy atom. The van der Waals surface area contributed by atoms with Crippen LogP contribution in [-0.4, -0.2) is 38.7 Å². The van der Waals surface area contributed by atoms with Gasteiger partial charge in [0.25, 0.3) is 5.91 Å². The monoisotopic (exact) mass is 315 g/mol. The van der Waals surface area contributed by atoms with E-state index in [-0.39, 0.29) is 12.0 Å². The molecule has 1 fully saturated rings. The van der Waals surface area contributed by atoms with Gasteiger partial charge in [0.2, 0.25) is 5.82 Å². The second kappa shape index (κ2) is 7.32. The number of carbonyl (C=O) groups excluding carboxylic acids is 1. The Hall–Kier alpha value is -2.28. The van der Waals surface area contributed by atoms with Gasteiger partial charge in [-0.1, -0.05) is 19.8 Å². The number of amides is 1. The van der Waals surface area contributed by atoms with Crippen molar-refractivity contribution in [3.8, 4) is 11.4 Å². The second-order valence-corrected chi connectivity index (χ2v) is 5.74. The van der Waals surface area contributed by atoms with Gasteiger partial charge in [0.1, 0.15) is 6.10 Å². The van der Waals surface area contributed by atoms with Gasteiger partial charge in [0, 0.05) is 11.3 Å². The maximum absolute atomic E-state index is 12.4. The summed E-state index contributed by atoms with van der Waals surface area (Å²) in [5.74, 6) is 0.436. The summed E-state index contributed by atoms with van der Waals surface area (Å²) < 4.78 is 5.93. The molecular formula is C16H21N5O2. The SMILES string of the molecule is CC[C@H](OC1CCCC1)C(=O)Nc1ccc(-c2nn[nH]n2)cc1. The van der Waals surface area contributed by atoms with Crippen molar-refractivity contribution in [1.29, 1.82) is 0 Å². The predicted octanol–water partition coefficient (Wildman–Crippen LogP) is 2.54. The smallest absolute Gasteiger partial charge is 0.253 e. The molecule has 2 N–H and O–H groups in total. The van der Waals surface area contributed by atoms with Gasteiger partial charge in [0.15, 0.2) is 0 Å². The molecule has 0 aliphatic heterocycles. The maximum atomic E-state index is 12.4. The molecule has 1 amide bonds. The zero-order chi connectivity index (χ0) is 16.1. The number of tetrazole rings is 1. The first kappa shape index (κ1) is 15.6. The highest BCUT2D eigenvalue weighted by atomic mass is 16.5. The van der Waals surface area contributed by atoms with Crippen molar-refractivity contribution >= 4 is 11.6 Å². The number of carbonyl (C=O) groups is 1. The summed E-state index contributed by atoms with van der Waals surface area (Å²) in [4.78, 5) is 12.4. The molecule has 0 saturated heterocycles. The summed E-state index contributed by atoms with van der Waals surface area (Å²) in [7, 11) is 0. The number of anilines is 1. The molecule has 3 rings (SSSR count). The highest BCUT2D eigenvalue weighted by Gasteiger charge is 2.24. The van der Waals surface area contributed by atoms with Crippen molar-refractivity contribution in [2.75, 3.05) is 5.32 Å². The van der Waals surface area contributed by atoms with Crippen LogP contribution in [0, 0.1) is 0 Å². The number of nitrogens with zero attached hydrogens (tertiary/aromatic N) is 3. The zero-order valence-corrected chi connectivity index (χ0v) is 13.2. The summed E-state index contributed by atoms with van der Waals surface area (Å²) >= 11 is 0. The first-order chi connectivity index (χ1) is 11.3. The standard InChI is InChI=1S/C16H21N5O2/c1-2-14(23-13-5-3-4-6-13)16(22)17-12-9-7-11(8-10-12)15-18-20-21-19-15/h7-10,13-14H,2-6H2,1H3,(H,17,22)(H,18,19,20,21)/t14-/m0/s1. The molecule has 1 heterocycles. The zero-order valence-electron chi connectivity index (χ0n) is 13.2. The van der Waals surface area contributed by atoms with Gasteiger partial charge in [-0.05, 0) is 48.7 Å². The summed E-state index contributed by atoms with van der Waals surface area (Å²) in [6.07, 6.45) is 5.01. The third-order valence-electron chi connectivity index (χ3n) is 4.08. The molecule has 1 atom stereocenters. The minimum absolute atomic E-state index is 0.0910. The van der Waals surface area contributed by atoms with E-state index < -0.39 is 6.10 Å². The first-order valence-corrected chi connectivity index (χ1v) is 8.06. The Morgan fingerprint density at radius 3 is 2.70 bits per heavy atom. The lowest BCUT2D eigenvalue weighted by Crippen LogP contribution is -2.32. The van der Waals surface area contributed by atoms with Crippen LogP contribution in [0.3, 0.4) is 0 Å². The van der Waals surface area contributed by atoms with E-state index in [9.17, 15) is 4.79 Å². The fourth-order valence-electron chi connectivity index (χ4n) is 2.81. The number of hydrogen-bond donors (Lipinski definition) is 2. The van der Waals surface area contributed by atoms with E-state index in [1.54, 1.807) is 0 Å². The van der Waals surface area contributed by atoms with Gasteiger partial charge in [-0.15, -0.1) is 10.2 Å². The van der Waals surface area contributed by atoms with Crippen molar-refractivity contribution in [3.05, 3.63) is 24.3 Å². The minimum atomic E-state index is -0.394. The van der Waals surface area contributed by atoms with Crippen LogP contribution in [0.25, 0.3) is 11.4 Å². The van der Waals surface area contributed by atoms with Gasteiger partial charge in [0.05, 0.1) is 6.10 Å². The Kier molecular flexibility index (Phi) is 4.97. The average molecular weight is 315 g/mol. The summed E-state index contributed by atoms with van der Waals surface area (Å²) in [6.45, 7) is 1.97. The number of aromatic amines is 1. The van der Waals surface area contributed by atoms with Crippen LogP contribution < -0.4 is 5.32 Å². The number of H-pyrrole nitrogens is 1. The number of nitrogens with one attached hydrogen (secondary N) is 2. The van der Waals surface area contributed by atoms with Crippen LogP contribution in [0.5, 0.6) is 0 Å². The molecule has 1 aromatic heterocycles. The van der Waals surface area contributed by atoms with E-state index in [0.29, 0.717) is 12.2 Å². The third kappa shape index (κ3) is 3.92. The second-order valence-electron chi connectivity index (χ2n) is 5.74. The van der Waals surface area contributed by atoms with Crippen LogP contribution >= 0.6 is 0 Å². The quantitative estimate of drug-likeness (QED) is 0.854. The molecule has 1 aliphatic rings. The molecule has 0 radical (unpaired) electrons. The van der Waals surface area contributed by atoms with Crippen LogP contribution in [0.1, 0.15) is 39.0 Å². The molecular weight excluding hydrogens is 294 g/mol. The van der Waals surface area contributed by atoms with Crippen LogP contribution in [0.2, 0.25) is 0 Å². The third-order valence-corrected chi connectivity index (χ3v) is 4.08. The van der Waals surface area contributed by atoms with Crippen molar-refractivity contribution in [3.63, 3.8) is 0 Å². The highest BCUT2D eigenvalue weighted by molar-refractivity contribution is 5.94. The molecule has 2 aromatic rings. The molecule has 0 bridgehead atoms. The molecule has 1 aromatic carbocycles. The normalized spacial score (nSPS) is 16.4. The molecule has 0 unspecified atom stereocenters. The van der Waals surface area contributed by atoms with E-state index in [1.165, 1.54) is 12.8 Å². The maximum Gasteiger partial charge on any atom is 0.253 e. The fraction of sp³-hybridized carbons (Fsp3) is 0.500. The van der Waals surface area contributed by atoms with E-state index in [0.717, 1.165) is 24.1 Å². The van der Waals surface area contributed by atoms with Gasteiger partial charge < -0.3 is 10.1 Å². The molecule has 1 aliphatic carbocycles. The molecule has 0 spiro atoms. The van der Waals surface area contributed by atoms with Gasteiger partial charge in [-0.2, -0.15) is 5.21 Å².